The van der Waals surface area contributed by atoms with Crippen molar-refractivity contribution in [2.45, 2.75) is 44.8 Å². The molecule has 12 heavy (non-hydrogen) atoms. The molecule has 71 valence electrons. The van der Waals surface area contributed by atoms with Crippen molar-refractivity contribution in [2.75, 3.05) is 0 Å². The van der Waals surface area contributed by atoms with E-state index in [4.69, 9.17) is 0 Å². The molecule has 2 nitrogen and oxygen atoms in total. The van der Waals surface area contributed by atoms with Crippen LogP contribution in [0.5, 0.6) is 0 Å². The topological polar surface area (TPSA) is 40.5 Å². The van der Waals surface area contributed by atoms with Gasteiger partial charge in [-0.3, -0.25) is 0 Å². The van der Waals surface area contributed by atoms with E-state index < -0.39 is 11.7 Å². The second-order valence-electron chi connectivity index (χ2n) is 3.03. The van der Waals surface area contributed by atoms with Crippen LogP contribution in [0.2, 0.25) is 0 Å². The minimum Gasteiger partial charge on any atom is -0.390 e. The zero-order valence-corrected chi connectivity index (χ0v) is 7.95. The Morgan fingerprint density at radius 3 is 2.25 bits per heavy atom. The quantitative estimate of drug-likeness (QED) is 0.660. The Morgan fingerprint density at radius 1 is 1.42 bits per heavy atom. The minimum atomic E-state index is -0.931. The third-order valence-corrected chi connectivity index (χ3v) is 2.37. The third kappa shape index (κ3) is 2.95. The lowest BCUT2D eigenvalue weighted by molar-refractivity contribution is -0.0778. The first-order valence-electron chi connectivity index (χ1n) is 4.45. The van der Waals surface area contributed by atoms with Crippen LogP contribution in [0, 0.1) is 6.92 Å². The zero-order valence-electron chi connectivity index (χ0n) is 7.95. The van der Waals surface area contributed by atoms with E-state index in [-0.39, 0.29) is 0 Å². The average molecular weight is 171 g/mol. The van der Waals surface area contributed by atoms with Gasteiger partial charge in [-0.05, 0) is 26.2 Å². The Morgan fingerprint density at radius 2 is 1.92 bits per heavy atom. The fraction of sp³-hybridized carbons (Fsp3) is 0.700. The molecule has 0 heterocycles. The molecule has 0 saturated heterocycles. The van der Waals surface area contributed by atoms with Gasteiger partial charge in [-0.15, -0.1) is 0 Å². The second-order valence-corrected chi connectivity index (χ2v) is 3.03. The van der Waals surface area contributed by atoms with Gasteiger partial charge in [0.05, 0.1) is 11.7 Å². The summed E-state index contributed by atoms with van der Waals surface area (Å²) in [6.07, 6.45) is 4.36. The number of allylic oxidation sites excluding steroid dienone is 1. The molecular formula is C10H19O2. The predicted molar refractivity (Wildman–Crippen MR) is 50.7 cm³/mol. The fourth-order valence-corrected chi connectivity index (χ4v) is 1.17. The normalized spacial score (nSPS) is 15.4. The Kier molecular flexibility index (Phi) is 5.18. The summed E-state index contributed by atoms with van der Waals surface area (Å²) < 4.78 is 0. The van der Waals surface area contributed by atoms with E-state index in [0.717, 1.165) is 0 Å². The maximum Gasteiger partial charge on any atom is 0.0903 e. The van der Waals surface area contributed by atoms with Crippen LogP contribution in [0.1, 0.15) is 33.1 Å². The van der Waals surface area contributed by atoms with E-state index in [1.54, 1.807) is 12.2 Å². The molecule has 0 aliphatic heterocycles. The van der Waals surface area contributed by atoms with Crippen molar-refractivity contribution in [3.63, 3.8) is 0 Å². The van der Waals surface area contributed by atoms with Gasteiger partial charge in [0.25, 0.3) is 0 Å². The van der Waals surface area contributed by atoms with Gasteiger partial charge in [0, 0.05) is 0 Å². The zero-order chi connectivity index (χ0) is 9.61. The van der Waals surface area contributed by atoms with Crippen molar-refractivity contribution < 1.29 is 10.2 Å². The molecule has 0 rings (SSSR count). The summed E-state index contributed by atoms with van der Waals surface area (Å²) in [5.74, 6) is 0. The van der Waals surface area contributed by atoms with Gasteiger partial charge in [-0.25, -0.2) is 0 Å². The third-order valence-electron chi connectivity index (χ3n) is 2.37. The molecule has 0 spiro atoms. The summed E-state index contributed by atoms with van der Waals surface area (Å²) >= 11 is 0. The molecule has 2 N–H and O–H groups in total. The van der Waals surface area contributed by atoms with Crippen LogP contribution in [0.15, 0.2) is 12.2 Å². The maximum atomic E-state index is 9.82. The minimum absolute atomic E-state index is 0.474. The van der Waals surface area contributed by atoms with Crippen LogP contribution < -0.4 is 0 Å². The van der Waals surface area contributed by atoms with E-state index >= 15 is 0 Å². The Balaban J connectivity index is 4.11. The maximum absolute atomic E-state index is 9.82. The van der Waals surface area contributed by atoms with Crippen molar-refractivity contribution in [3.8, 4) is 0 Å². The van der Waals surface area contributed by atoms with Gasteiger partial charge < -0.3 is 10.2 Å². The Bertz CT molecular complexity index is 137. The van der Waals surface area contributed by atoms with Gasteiger partial charge in [0.2, 0.25) is 0 Å². The lowest BCUT2D eigenvalue weighted by Gasteiger charge is -2.30. The summed E-state index contributed by atoms with van der Waals surface area (Å²) in [5.41, 5.74) is -0.931. The summed E-state index contributed by atoms with van der Waals surface area (Å²) in [7, 11) is 0. The Labute approximate surface area is 74.9 Å². The van der Waals surface area contributed by atoms with Crippen molar-refractivity contribution in [1.29, 1.82) is 0 Å². The number of rotatable bonds is 5. The molecule has 2 heteroatoms. The van der Waals surface area contributed by atoms with Crippen LogP contribution in [0.4, 0.5) is 0 Å². The molecule has 1 atom stereocenters. The number of hydrogen-bond donors (Lipinski definition) is 2. The molecule has 0 aromatic carbocycles. The highest BCUT2D eigenvalue weighted by Gasteiger charge is 2.30. The highest BCUT2D eigenvalue weighted by atomic mass is 16.3. The van der Waals surface area contributed by atoms with Gasteiger partial charge in [-0.1, -0.05) is 26.0 Å². The van der Waals surface area contributed by atoms with Crippen molar-refractivity contribution >= 4 is 0 Å². The van der Waals surface area contributed by atoms with Crippen LogP contribution in [-0.4, -0.2) is 21.9 Å². The van der Waals surface area contributed by atoms with E-state index in [0.29, 0.717) is 19.3 Å². The van der Waals surface area contributed by atoms with Crippen LogP contribution >= 0.6 is 0 Å². The van der Waals surface area contributed by atoms with E-state index in [9.17, 15) is 10.2 Å². The number of hydrogen-bond acceptors (Lipinski definition) is 2. The van der Waals surface area contributed by atoms with Gasteiger partial charge in [-0.2, -0.15) is 0 Å². The standard InChI is InChI=1S/C10H19O2/c1-4-7-8-9(11)10(12,5-2)6-3/h4,7,9,11-12H,1,5-6,8H2,2-3H3. The molecule has 0 aliphatic rings. The first-order valence-corrected chi connectivity index (χ1v) is 4.45. The molecule has 1 unspecified atom stereocenters. The fourth-order valence-electron chi connectivity index (χ4n) is 1.17. The van der Waals surface area contributed by atoms with Crippen LogP contribution in [0.3, 0.4) is 0 Å². The van der Waals surface area contributed by atoms with E-state index in [2.05, 4.69) is 6.92 Å². The highest BCUT2D eigenvalue weighted by Crippen LogP contribution is 2.21. The van der Waals surface area contributed by atoms with E-state index in [1.807, 2.05) is 13.8 Å². The molecule has 0 fully saturated rings. The number of aliphatic hydroxyl groups is 2. The summed E-state index contributed by atoms with van der Waals surface area (Å²) in [6.45, 7) is 7.27. The highest BCUT2D eigenvalue weighted by molar-refractivity contribution is 4.92. The molecule has 0 aromatic rings. The lowest BCUT2D eigenvalue weighted by Crippen LogP contribution is -2.40. The monoisotopic (exact) mass is 171 g/mol. The molecular weight excluding hydrogens is 152 g/mol. The predicted octanol–water partition coefficient (Wildman–Crippen LogP) is 1.68. The second kappa shape index (κ2) is 5.33. The SMILES string of the molecule is [CH2]C=CCC(O)C(O)(CC)CC. The van der Waals surface area contributed by atoms with Gasteiger partial charge in [0.1, 0.15) is 0 Å². The summed E-state index contributed by atoms with van der Waals surface area (Å²) in [4.78, 5) is 0. The lowest BCUT2D eigenvalue weighted by atomic mass is 9.89. The smallest absolute Gasteiger partial charge is 0.0903 e. The Hall–Kier alpha value is -0.340. The molecule has 0 amide bonds. The molecule has 0 aromatic heterocycles. The molecule has 0 bridgehead atoms. The summed E-state index contributed by atoms with van der Waals surface area (Å²) in [6, 6.07) is 0. The molecule has 1 radical (unpaired) electrons. The molecule has 0 saturated carbocycles. The first-order chi connectivity index (χ1) is 5.60. The summed E-state index contributed by atoms with van der Waals surface area (Å²) in [5, 5.41) is 19.4. The van der Waals surface area contributed by atoms with Crippen molar-refractivity contribution in [3.05, 3.63) is 19.1 Å². The van der Waals surface area contributed by atoms with Gasteiger partial charge in [0.15, 0.2) is 0 Å². The molecule has 0 aliphatic carbocycles. The largest absolute Gasteiger partial charge is 0.390 e. The van der Waals surface area contributed by atoms with Crippen molar-refractivity contribution in [2.24, 2.45) is 0 Å². The van der Waals surface area contributed by atoms with Crippen LogP contribution in [0.25, 0.3) is 0 Å². The van der Waals surface area contributed by atoms with Gasteiger partial charge >= 0.3 is 0 Å². The average Bonchev–Trinajstić information content (AvgIpc) is 2.12. The first kappa shape index (κ1) is 11.7. The van der Waals surface area contributed by atoms with E-state index in [1.165, 1.54) is 0 Å². The van der Waals surface area contributed by atoms with Crippen molar-refractivity contribution in [1.82, 2.24) is 0 Å². The van der Waals surface area contributed by atoms with Crippen LogP contribution in [-0.2, 0) is 0 Å². The number of aliphatic hydroxyl groups excluding tert-OH is 1.